The normalized spacial score (nSPS) is 16.4. The summed E-state index contributed by atoms with van der Waals surface area (Å²) in [6.45, 7) is 2.98. The van der Waals surface area contributed by atoms with Crippen molar-refractivity contribution in [3.8, 4) is 0 Å². The fourth-order valence-electron chi connectivity index (χ4n) is 0.580. The predicted molar refractivity (Wildman–Crippen MR) is 46.2 cm³/mol. The van der Waals surface area contributed by atoms with Crippen molar-refractivity contribution in [1.82, 2.24) is 0 Å². The van der Waals surface area contributed by atoms with Crippen molar-refractivity contribution in [2.24, 2.45) is 0 Å². The van der Waals surface area contributed by atoms with Crippen LogP contribution >= 0.6 is 10.7 Å². The molecule has 0 radical (unpaired) electrons. The summed E-state index contributed by atoms with van der Waals surface area (Å²) < 4.78 is 20.5. The van der Waals surface area contributed by atoms with Crippen molar-refractivity contribution >= 4 is 21.1 Å². The van der Waals surface area contributed by atoms with E-state index >= 15 is 0 Å². The van der Waals surface area contributed by atoms with Crippen LogP contribution in [0, 0.1) is 0 Å². The summed E-state index contributed by atoms with van der Waals surface area (Å²) in [7, 11) is 5.48. The highest BCUT2D eigenvalue weighted by atomic mass is 35.7. The molecule has 0 aliphatic heterocycles. The van der Waals surface area contributed by atoms with Crippen LogP contribution < -0.4 is 0 Å². The van der Waals surface area contributed by atoms with Crippen LogP contribution in [0.3, 0.4) is 0 Å². The smallest absolute Gasteiger partial charge is 0.174 e. The van der Waals surface area contributed by atoms with E-state index in [1.165, 1.54) is 0 Å². The monoisotopic (exact) mass is 200 g/mol. The van der Waals surface area contributed by atoms with Crippen LogP contribution in [0.5, 0.6) is 0 Å². The Morgan fingerprint density at radius 2 is 2.27 bits per heavy atom. The SMILES string of the molecule is CCOCC(C[S+]([O-])Cl)OC. The molecule has 0 rings (SSSR count). The zero-order chi connectivity index (χ0) is 8.69. The largest absolute Gasteiger partial charge is 0.599 e. The molecule has 2 atom stereocenters. The second kappa shape index (κ2) is 7.18. The lowest BCUT2D eigenvalue weighted by Gasteiger charge is -2.12. The summed E-state index contributed by atoms with van der Waals surface area (Å²) in [6, 6.07) is 0. The highest BCUT2D eigenvalue weighted by Gasteiger charge is 2.14. The molecule has 0 saturated carbocycles. The van der Waals surface area contributed by atoms with Crippen LogP contribution in [0.15, 0.2) is 0 Å². The molecule has 0 spiro atoms. The molecule has 5 heteroatoms. The second-order valence-corrected chi connectivity index (χ2v) is 3.92. The Labute approximate surface area is 74.7 Å². The first-order chi connectivity index (χ1) is 5.20. The molecule has 68 valence electrons. The van der Waals surface area contributed by atoms with Crippen molar-refractivity contribution in [3.63, 3.8) is 0 Å². The first-order valence-electron chi connectivity index (χ1n) is 3.35. The van der Waals surface area contributed by atoms with E-state index in [-0.39, 0.29) is 6.10 Å². The van der Waals surface area contributed by atoms with E-state index < -0.39 is 10.4 Å². The van der Waals surface area contributed by atoms with Gasteiger partial charge in [-0.2, -0.15) is 0 Å². The Balaban J connectivity index is 3.41. The molecule has 0 heterocycles. The van der Waals surface area contributed by atoms with Gasteiger partial charge in [-0.3, -0.25) is 0 Å². The maximum Gasteiger partial charge on any atom is 0.174 e. The van der Waals surface area contributed by atoms with Crippen LogP contribution in [0.1, 0.15) is 6.92 Å². The van der Waals surface area contributed by atoms with Crippen LogP contribution in [-0.2, 0) is 19.9 Å². The van der Waals surface area contributed by atoms with Crippen molar-refractivity contribution in [2.75, 3.05) is 26.1 Å². The molecular weight excluding hydrogens is 188 g/mol. The summed E-state index contributed by atoms with van der Waals surface area (Å²) >= 11 is 0. The van der Waals surface area contributed by atoms with Crippen molar-refractivity contribution in [2.45, 2.75) is 13.0 Å². The van der Waals surface area contributed by atoms with Gasteiger partial charge in [-0.25, -0.2) is 0 Å². The standard InChI is InChI=1S/C6H13ClO3S/c1-3-10-4-6(9-2)5-11(7)8/h6H,3-5H2,1-2H3. The Hall–Kier alpha value is 0.520. The Kier molecular flexibility index (Phi) is 7.52. The molecule has 2 unspecified atom stereocenters. The topological polar surface area (TPSA) is 41.5 Å². The summed E-state index contributed by atoms with van der Waals surface area (Å²) in [5, 5.41) is 0. The van der Waals surface area contributed by atoms with E-state index in [9.17, 15) is 4.55 Å². The fraction of sp³-hybridized carbons (Fsp3) is 1.00. The minimum Gasteiger partial charge on any atom is -0.599 e. The van der Waals surface area contributed by atoms with Crippen LogP contribution in [0.2, 0.25) is 0 Å². The van der Waals surface area contributed by atoms with Crippen molar-refractivity contribution in [3.05, 3.63) is 0 Å². The lowest BCUT2D eigenvalue weighted by Crippen LogP contribution is -2.25. The molecule has 11 heavy (non-hydrogen) atoms. The van der Waals surface area contributed by atoms with E-state index in [0.717, 1.165) is 0 Å². The Morgan fingerprint density at radius 3 is 2.64 bits per heavy atom. The van der Waals surface area contributed by atoms with Gasteiger partial charge in [-0.15, -0.1) is 0 Å². The summed E-state index contributed by atoms with van der Waals surface area (Å²) in [4.78, 5) is 0. The zero-order valence-electron chi connectivity index (χ0n) is 6.71. The first-order valence-corrected chi connectivity index (χ1v) is 5.50. The van der Waals surface area contributed by atoms with Crippen LogP contribution in [0.25, 0.3) is 0 Å². The van der Waals surface area contributed by atoms with Gasteiger partial charge in [0, 0.05) is 13.7 Å². The molecule has 0 fully saturated rings. The summed E-state index contributed by atoms with van der Waals surface area (Å²) in [6.07, 6.45) is -0.159. The minimum absolute atomic E-state index is 0.159. The van der Waals surface area contributed by atoms with E-state index in [1.54, 1.807) is 7.11 Å². The molecule has 0 bridgehead atoms. The van der Waals surface area contributed by atoms with E-state index in [1.807, 2.05) is 6.92 Å². The lowest BCUT2D eigenvalue weighted by molar-refractivity contribution is 0.0251. The average molecular weight is 201 g/mol. The molecule has 0 aliphatic carbocycles. The Morgan fingerprint density at radius 1 is 1.64 bits per heavy atom. The molecule has 0 aliphatic rings. The van der Waals surface area contributed by atoms with Gasteiger partial charge in [0.25, 0.3) is 0 Å². The van der Waals surface area contributed by atoms with Gasteiger partial charge in [0.1, 0.15) is 6.10 Å². The number of ether oxygens (including phenoxy) is 2. The van der Waals surface area contributed by atoms with Gasteiger partial charge in [0.05, 0.1) is 17.0 Å². The van der Waals surface area contributed by atoms with Gasteiger partial charge in [-0.1, -0.05) is 0 Å². The number of rotatable bonds is 6. The third kappa shape index (κ3) is 6.90. The predicted octanol–water partition coefficient (Wildman–Crippen LogP) is 0.940. The van der Waals surface area contributed by atoms with E-state index in [0.29, 0.717) is 19.0 Å². The second-order valence-electron chi connectivity index (χ2n) is 1.97. The number of halogens is 1. The zero-order valence-corrected chi connectivity index (χ0v) is 8.28. The highest BCUT2D eigenvalue weighted by Crippen LogP contribution is 2.02. The molecule has 0 aromatic carbocycles. The maximum atomic E-state index is 10.5. The van der Waals surface area contributed by atoms with E-state index in [2.05, 4.69) is 0 Å². The van der Waals surface area contributed by atoms with Gasteiger partial charge in [0.15, 0.2) is 16.4 Å². The highest BCUT2D eigenvalue weighted by molar-refractivity contribution is 8.13. The van der Waals surface area contributed by atoms with Crippen LogP contribution in [-0.4, -0.2) is 36.7 Å². The molecule has 0 N–H and O–H groups in total. The lowest BCUT2D eigenvalue weighted by atomic mass is 10.4. The van der Waals surface area contributed by atoms with Gasteiger partial charge >= 0.3 is 0 Å². The molecule has 0 amide bonds. The van der Waals surface area contributed by atoms with Crippen LogP contribution in [0.4, 0.5) is 0 Å². The quantitative estimate of drug-likeness (QED) is 0.600. The Bertz CT molecular complexity index is 91.9. The number of hydrogen-bond acceptors (Lipinski definition) is 3. The molecule has 0 aromatic rings. The van der Waals surface area contributed by atoms with Gasteiger partial charge < -0.3 is 14.0 Å². The number of hydrogen-bond donors (Lipinski definition) is 0. The maximum absolute atomic E-state index is 10.5. The fourth-order valence-corrected chi connectivity index (χ4v) is 1.53. The van der Waals surface area contributed by atoms with Gasteiger partial charge in [0.2, 0.25) is 0 Å². The first kappa shape index (κ1) is 11.5. The average Bonchev–Trinajstić information content (AvgIpc) is 1.97. The summed E-state index contributed by atoms with van der Waals surface area (Å²) in [5.41, 5.74) is 0. The molecule has 0 saturated heterocycles. The minimum atomic E-state index is -1.33. The number of methoxy groups -OCH3 is 1. The molecule has 3 nitrogen and oxygen atoms in total. The van der Waals surface area contributed by atoms with Crippen molar-refractivity contribution in [1.29, 1.82) is 0 Å². The third-order valence-electron chi connectivity index (χ3n) is 1.16. The third-order valence-corrected chi connectivity index (χ3v) is 2.17. The molecule has 0 aromatic heterocycles. The summed E-state index contributed by atoms with van der Waals surface area (Å²) in [5.74, 6) is 0.318. The van der Waals surface area contributed by atoms with Gasteiger partial charge in [-0.05, 0) is 6.92 Å². The van der Waals surface area contributed by atoms with Crippen molar-refractivity contribution < 1.29 is 14.0 Å². The molecular formula is C6H13ClO3S. The van der Waals surface area contributed by atoms with E-state index in [4.69, 9.17) is 20.2 Å².